The lowest BCUT2D eigenvalue weighted by molar-refractivity contribution is -0.137. The minimum atomic E-state index is -4.71. The highest BCUT2D eigenvalue weighted by Crippen LogP contribution is 2.45. The number of fused-ring (bicyclic) bond motifs is 1. The molecule has 4 N–H and O–H groups in total. The highest BCUT2D eigenvalue weighted by Gasteiger charge is 2.36. The summed E-state index contributed by atoms with van der Waals surface area (Å²) in [5.41, 5.74) is 9.04. The fourth-order valence-electron chi connectivity index (χ4n) is 3.85. The lowest BCUT2D eigenvalue weighted by Gasteiger charge is -2.19. The van der Waals surface area contributed by atoms with Crippen molar-refractivity contribution in [2.24, 2.45) is 0 Å². The summed E-state index contributed by atoms with van der Waals surface area (Å²) in [5, 5.41) is 0.760. The summed E-state index contributed by atoms with van der Waals surface area (Å²) in [4.78, 5) is 0. The number of halogens is 6. The maximum Gasteiger partial charge on any atom is 0.417 e. The molecule has 0 amide bonds. The van der Waals surface area contributed by atoms with Gasteiger partial charge in [0.15, 0.2) is 0 Å². The van der Waals surface area contributed by atoms with Crippen LogP contribution < -0.4 is 11.5 Å². The van der Waals surface area contributed by atoms with E-state index in [1.165, 1.54) is 36.4 Å². The summed E-state index contributed by atoms with van der Waals surface area (Å²) < 4.78 is 82.7. The number of anilines is 2. The molecule has 164 valence electrons. The van der Waals surface area contributed by atoms with Crippen LogP contribution in [-0.2, 0) is 12.4 Å². The Bertz CT molecular complexity index is 1220. The topological polar surface area (TPSA) is 52.0 Å². The Hall–Kier alpha value is -3.68. The molecular weight excluding hydrogens is 430 g/mol. The van der Waals surface area contributed by atoms with Gasteiger partial charge in [-0.15, -0.1) is 0 Å². The Morgan fingerprint density at radius 2 is 0.906 bits per heavy atom. The fourth-order valence-corrected chi connectivity index (χ4v) is 3.85. The first-order valence-electron chi connectivity index (χ1n) is 9.43. The van der Waals surface area contributed by atoms with E-state index in [-0.39, 0.29) is 39.0 Å². The largest absolute Gasteiger partial charge is 0.417 e. The van der Waals surface area contributed by atoms with E-state index in [0.717, 1.165) is 12.1 Å². The molecule has 0 saturated carbocycles. The van der Waals surface area contributed by atoms with Gasteiger partial charge in [0.1, 0.15) is 0 Å². The van der Waals surface area contributed by atoms with Gasteiger partial charge in [0.2, 0.25) is 0 Å². The highest BCUT2D eigenvalue weighted by molar-refractivity contribution is 6.07. The number of nitrogen functional groups attached to an aromatic ring is 2. The monoisotopic (exact) mass is 446 g/mol. The van der Waals surface area contributed by atoms with Gasteiger partial charge in [0.05, 0.1) is 11.1 Å². The minimum absolute atomic E-state index is 0.0700. The number of rotatable bonds is 2. The van der Waals surface area contributed by atoms with Crippen LogP contribution in [-0.4, -0.2) is 0 Å². The predicted molar refractivity (Wildman–Crippen MR) is 114 cm³/mol. The van der Waals surface area contributed by atoms with Gasteiger partial charge < -0.3 is 11.5 Å². The molecule has 0 fully saturated rings. The van der Waals surface area contributed by atoms with E-state index < -0.39 is 23.5 Å². The molecule has 4 aromatic rings. The summed E-state index contributed by atoms with van der Waals surface area (Å²) in [5.74, 6) is 0. The van der Waals surface area contributed by atoms with Crippen LogP contribution in [0.5, 0.6) is 0 Å². The molecule has 4 rings (SSSR count). The number of nitrogens with two attached hydrogens (primary N) is 2. The van der Waals surface area contributed by atoms with Crippen molar-refractivity contribution < 1.29 is 26.3 Å². The summed E-state index contributed by atoms with van der Waals surface area (Å²) in [6, 6.07) is 16.1. The van der Waals surface area contributed by atoms with Gasteiger partial charge in [0.25, 0.3) is 0 Å². The molecule has 0 atom stereocenters. The second-order valence-corrected chi connectivity index (χ2v) is 7.31. The molecule has 0 aliphatic rings. The van der Waals surface area contributed by atoms with Crippen LogP contribution in [0.15, 0.2) is 72.8 Å². The summed E-state index contributed by atoms with van der Waals surface area (Å²) in [6.07, 6.45) is -9.42. The standard InChI is InChI=1S/C24H16F6N2/c25-23(26,27)20-11-14(31)7-9-16(20)18-5-1-3-13-4-2-6-19(22(13)18)17-10-8-15(32)12-21(17)24(28,29)30/h1-12H,31-32H2. The second kappa shape index (κ2) is 7.47. The van der Waals surface area contributed by atoms with Crippen molar-refractivity contribution in [3.8, 4) is 22.3 Å². The van der Waals surface area contributed by atoms with Crippen LogP contribution in [0, 0.1) is 0 Å². The van der Waals surface area contributed by atoms with E-state index in [2.05, 4.69) is 0 Å². The molecule has 0 aliphatic carbocycles. The first-order valence-corrected chi connectivity index (χ1v) is 9.43. The zero-order valence-electron chi connectivity index (χ0n) is 16.4. The highest BCUT2D eigenvalue weighted by atomic mass is 19.4. The summed E-state index contributed by atoms with van der Waals surface area (Å²) >= 11 is 0. The van der Waals surface area contributed by atoms with E-state index in [4.69, 9.17) is 11.5 Å². The Morgan fingerprint density at radius 1 is 0.500 bits per heavy atom. The predicted octanol–water partition coefficient (Wildman–Crippen LogP) is 7.38. The van der Waals surface area contributed by atoms with Crippen LogP contribution in [0.3, 0.4) is 0 Å². The van der Waals surface area contributed by atoms with Crippen LogP contribution in [0.2, 0.25) is 0 Å². The zero-order valence-corrected chi connectivity index (χ0v) is 16.4. The zero-order chi connectivity index (χ0) is 23.3. The van der Waals surface area contributed by atoms with Crippen LogP contribution in [0.25, 0.3) is 33.0 Å². The van der Waals surface area contributed by atoms with Crippen LogP contribution in [0.4, 0.5) is 37.7 Å². The summed E-state index contributed by atoms with van der Waals surface area (Å²) in [7, 11) is 0. The molecule has 0 bridgehead atoms. The van der Waals surface area contributed by atoms with Crippen molar-refractivity contribution in [2.45, 2.75) is 12.4 Å². The van der Waals surface area contributed by atoms with Crippen molar-refractivity contribution in [3.63, 3.8) is 0 Å². The first-order chi connectivity index (χ1) is 15.0. The first kappa shape index (κ1) is 21.5. The Kier molecular flexibility index (Phi) is 5.03. The van der Waals surface area contributed by atoms with E-state index in [0.29, 0.717) is 5.39 Å². The third-order valence-electron chi connectivity index (χ3n) is 5.18. The molecule has 2 nitrogen and oxygen atoms in total. The Balaban J connectivity index is 2.11. The molecule has 0 heterocycles. The molecule has 4 aromatic carbocycles. The Labute approximate surface area is 179 Å². The number of benzene rings is 4. The third kappa shape index (κ3) is 3.84. The van der Waals surface area contributed by atoms with Gasteiger partial charge >= 0.3 is 12.4 Å². The van der Waals surface area contributed by atoms with Gasteiger partial charge in [-0.25, -0.2) is 0 Å². The lowest BCUT2D eigenvalue weighted by Crippen LogP contribution is -2.09. The van der Waals surface area contributed by atoms with Crippen LogP contribution in [0.1, 0.15) is 11.1 Å². The Morgan fingerprint density at radius 3 is 1.28 bits per heavy atom. The van der Waals surface area contributed by atoms with E-state index >= 15 is 0 Å². The van der Waals surface area contributed by atoms with Gasteiger partial charge in [-0.05, 0) is 57.3 Å². The quantitative estimate of drug-likeness (QED) is 0.249. The minimum Gasteiger partial charge on any atom is -0.399 e. The third-order valence-corrected chi connectivity index (χ3v) is 5.18. The van der Waals surface area contributed by atoms with Crippen molar-refractivity contribution in [2.75, 3.05) is 11.5 Å². The van der Waals surface area contributed by atoms with E-state index in [1.54, 1.807) is 24.3 Å². The van der Waals surface area contributed by atoms with E-state index in [9.17, 15) is 26.3 Å². The fraction of sp³-hybridized carbons (Fsp3) is 0.0833. The number of hydrogen-bond donors (Lipinski definition) is 2. The van der Waals surface area contributed by atoms with Crippen molar-refractivity contribution in [3.05, 3.63) is 83.9 Å². The average Bonchev–Trinajstić information content (AvgIpc) is 2.72. The molecule has 32 heavy (non-hydrogen) atoms. The molecule has 0 saturated heterocycles. The molecule has 0 unspecified atom stereocenters. The molecule has 0 aromatic heterocycles. The smallest absolute Gasteiger partial charge is 0.399 e. The molecular formula is C24H16F6N2. The molecule has 0 spiro atoms. The average molecular weight is 446 g/mol. The SMILES string of the molecule is Nc1ccc(-c2cccc3cccc(-c4ccc(N)cc4C(F)(F)F)c23)c(C(F)(F)F)c1. The van der Waals surface area contributed by atoms with Crippen molar-refractivity contribution in [1.82, 2.24) is 0 Å². The van der Waals surface area contributed by atoms with Crippen molar-refractivity contribution >= 4 is 22.1 Å². The molecule has 0 radical (unpaired) electrons. The van der Waals surface area contributed by atoms with Gasteiger partial charge in [-0.1, -0.05) is 48.5 Å². The van der Waals surface area contributed by atoms with Crippen molar-refractivity contribution in [1.29, 1.82) is 0 Å². The van der Waals surface area contributed by atoms with E-state index in [1.807, 2.05) is 0 Å². The normalized spacial score (nSPS) is 12.3. The maximum absolute atomic E-state index is 13.8. The molecule has 0 aliphatic heterocycles. The maximum atomic E-state index is 13.8. The second-order valence-electron chi connectivity index (χ2n) is 7.31. The van der Waals surface area contributed by atoms with Gasteiger partial charge in [-0.2, -0.15) is 26.3 Å². The summed E-state index contributed by atoms with van der Waals surface area (Å²) in [6.45, 7) is 0. The molecule has 8 heteroatoms. The number of alkyl halides is 6. The lowest BCUT2D eigenvalue weighted by atomic mass is 9.88. The number of hydrogen-bond acceptors (Lipinski definition) is 2. The van der Waals surface area contributed by atoms with Crippen LogP contribution >= 0.6 is 0 Å². The van der Waals surface area contributed by atoms with Gasteiger partial charge in [-0.3, -0.25) is 0 Å². The van der Waals surface area contributed by atoms with Gasteiger partial charge in [0, 0.05) is 11.4 Å².